The van der Waals surface area contributed by atoms with Crippen LogP contribution in [0.15, 0.2) is 64.8 Å². The van der Waals surface area contributed by atoms with E-state index in [0.29, 0.717) is 28.1 Å². The molecule has 3 aromatic rings. The van der Waals surface area contributed by atoms with E-state index < -0.39 is 0 Å². The molecule has 0 atom stereocenters. The molecule has 0 unspecified atom stereocenters. The van der Waals surface area contributed by atoms with Crippen LogP contribution in [0.25, 0.3) is 10.8 Å². The summed E-state index contributed by atoms with van der Waals surface area (Å²) in [6.07, 6.45) is 0. The van der Waals surface area contributed by atoms with E-state index in [1.54, 1.807) is 18.2 Å². The first-order chi connectivity index (χ1) is 10.2. The lowest BCUT2D eigenvalue weighted by Crippen LogP contribution is -1.95. The predicted molar refractivity (Wildman–Crippen MR) is 85.1 cm³/mol. The van der Waals surface area contributed by atoms with Crippen LogP contribution in [0.2, 0.25) is 0 Å². The molecule has 5 heteroatoms. The Morgan fingerprint density at radius 1 is 0.810 bits per heavy atom. The van der Waals surface area contributed by atoms with E-state index in [1.165, 1.54) is 0 Å². The van der Waals surface area contributed by atoms with Crippen molar-refractivity contribution in [2.75, 3.05) is 11.5 Å². The molecule has 104 valence electrons. The van der Waals surface area contributed by atoms with Crippen LogP contribution >= 0.6 is 0 Å². The zero-order chi connectivity index (χ0) is 14.8. The van der Waals surface area contributed by atoms with Crippen LogP contribution in [0.3, 0.4) is 0 Å². The Labute approximate surface area is 121 Å². The smallest absolute Gasteiger partial charge is 0.153 e. The van der Waals surface area contributed by atoms with E-state index >= 15 is 0 Å². The fourth-order valence-corrected chi connectivity index (χ4v) is 2.12. The number of hydrogen-bond acceptors (Lipinski definition) is 5. The minimum absolute atomic E-state index is 0.0167. The summed E-state index contributed by atoms with van der Waals surface area (Å²) in [6, 6.07) is 16.3. The monoisotopic (exact) mass is 278 g/mol. The fraction of sp³-hybridized carbons (Fsp3) is 0. The van der Waals surface area contributed by atoms with Gasteiger partial charge in [-0.2, -0.15) is 5.11 Å². The maximum atomic E-state index is 10.3. The SMILES string of the molecule is Nc1ccc2ccc(N=Nc3ccccc3)c(O)c2c1N. The largest absolute Gasteiger partial charge is 0.505 e. The van der Waals surface area contributed by atoms with Crippen LogP contribution in [-0.2, 0) is 0 Å². The topological polar surface area (TPSA) is 97.0 Å². The van der Waals surface area contributed by atoms with Gasteiger partial charge in [0, 0.05) is 0 Å². The first kappa shape index (κ1) is 12.9. The van der Waals surface area contributed by atoms with Crippen LogP contribution in [0.5, 0.6) is 5.75 Å². The molecule has 0 amide bonds. The van der Waals surface area contributed by atoms with E-state index in [1.807, 2.05) is 36.4 Å². The summed E-state index contributed by atoms with van der Waals surface area (Å²) in [5.41, 5.74) is 13.5. The molecule has 5 nitrogen and oxygen atoms in total. The van der Waals surface area contributed by atoms with Gasteiger partial charge in [0.05, 0.1) is 22.4 Å². The number of phenols is 1. The van der Waals surface area contributed by atoms with Gasteiger partial charge in [-0.25, -0.2) is 0 Å². The quantitative estimate of drug-likeness (QED) is 0.485. The lowest BCUT2D eigenvalue weighted by molar-refractivity contribution is 0.483. The van der Waals surface area contributed by atoms with Crippen LogP contribution in [0, 0.1) is 0 Å². The number of nitrogens with zero attached hydrogens (tertiary/aromatic N) is 2. The molecule has 5 N–H and O–H groups in total. The summed E-state index contributed by atoms with van der Waals surface area (Å²) in [5, 5.41) is 19.8. The minimum atomic E-state index is -0.0167. The van der Waals surface area contributed by atoms with Crippen molar-refractivity contribution in [2.45, 2.75) is 0 Å². The van der Waals surface area contributed by atoms with Gasteiger partial charge in [0.1, 0.15) is 5.69 Å². The van der Waals surface area contributed by atoms with E-state index in [2.05, 4.69) is 10.2 Å². The van der Waals surface area contributed by atoms with Crippen molar-refractivity contribution in [3.63, 3.8) is 0 Å². The third kappa shape index (κ3) is 2.36. The van der Waals surface area contributed by atoms with Gasteiger partial charge in [0.25, 0.3) is 0 Å². The molecule has 0 aliphatic carbocycles. The summed E-state index contributed by atoms with van der Waals surface area (Å²) in [7, 11) is 0. The lowest BCUT2D eigenvalue weighted by atomic mass is 10.1. The zero-order valence-corrected chi connectivity index (χ0v) is 11.2. The standard InChI is InChI=1S/C16H14N4O/c17-12-8-6-10-7-9-13(16(21)14(10)15(12)18)20-19-11-4-2-1-3-5-11/h1-9,21H,17-18H2. The molecular weight excluding hydrogens is 264 g/mol. The van der Waals surface area contributed by atoms with Crippen molar-refractivity contribution in [2.24, 2.45) is 10.2 Å². The Bertz CT molecular complexity index is 829. The van der Waals surface area contributed by atoms with Gasteiger partial charge in [-0.15, -0.1) is 5.11 Å². The highest BCUT2D eigenvalue weighted by molar-refractivity contribution is 6.04. The second-order valence-corrected chi connectivity index (χ2v) is 4.64. The molecular formula is C16H14N4O. The number of hydrogen-bond donors (Lipinski definition) is 3. The van der Waals surface area contributed by atoms with Crippen molar-refractivity contribution in [1.82, 2.24) is 0 Å². The number of azo groups is 1. The summed E-state index contributed by atoms with van der Waals surface area (Å²) in [6.45, 7) is 0. The molecule has 0 spiro atoms. The highest BCUT2D eigenvalue weighted by atomic mass is 16.3. The van der Waals surface area contributed by atoms with E-state index in [0.717, 1.165) is 5.39 Å². The van der Waals surface area contributed by atoms with Crippen LogP contribution in [0.1, 0.15) is 0 Å². The number of anilines is 2. The molecule has 21 heavy (non-hydrogen) atoms. The fourth-order valence-electron chi connectivity index (χ4n) is 2.12. The number of aromatic hydroxyl groups is 1. The van der Waals surface area contributed by atoms with Crippen molar-refractivity contribution in [3.05, 3.63) is 54.6 Å². The van der Waals surface area contributed by atoms with Gasteiger partial charge in [-0.1, -0.05) is 30.3 Å². The summed E-state index contributed by atoms with van der Waals surface area (Å²) in [4.78, 5) is 0. The molecule has 0 bridgehead atoms. The number of nitrogen functional groups attached to an aromatic ring is 2. The van der Waals surface area contributed by atoms with Crippen molar-refractivity contribution >= 4 is 33.5 Å². The first-order valence-corrected chi connectivity index (χ1v) is 6.43. The molecule has 0 aromatic heterocycles. The van der Waals surface area contributed by atoms with Gasteiger partial charge in [0.2, 0.25) is 0 Å². The zero-order valence-electron chi connectivity index (χ0n) is 11.2. The van der Waals surface area contributed by atoms with Crippen LogP contribution < -0.4 is 11.5 Å². The van der Waals surface area contributed by atoms with Gasteiger partial charge >= 0.3 is 0 Å². The Balaban J connectivity index is 2.10. The molecule has 0 radical (unpaired) electrons. The average Bonchev–Trinajstić information content (AvgIpc) is 2.51. The second-order valence-electron chi connectivity index (χ2n) is 4.64. The van der Waals surface area contributed by atoms with Gasteiger partial charge in [0.15, 0.2) is 5.75 Å². The first-order valence-electron chi connectivity index (χ1n) is 6.43. The molecule has 0 fully saturated rings. The number of nitrogens with two attached hydrogens (primary N) is 2. The minimum Gasteiger partial charge on any atom is -0.505 e. The molecule has 0 aliphatic rings. The van der Waals surface area contributed by atoms with Gasteiger partial charge in [-0.3, -0.25) is 0 Å². The molecule has 0 aliphatic heterocycles. The average molecular weight is 278 g/mol. The summed E-state index contributed by atoms with van der Waals surface area (Å²) >= 11 is 0. The predicted octanol–water partition coefficient (Wildman–Crippen LogP) is 4.13. The third-order valence-corrected chi connectivity index (χ3v) is 3.24. The van der Waals surface area contributed by atoms with E-state index in [4.69, 9.17) is 11.5 Å². The normalized spacial score (nSPS) is 11.2. The Morgan fingerprint density at radius 3 is 2.29 bits per heavy atom. The second kappa shape index (κ2) is 5.13. The Morgan fingerprint density at radius 2 is 1.52 bits per heavy atom. The molecule has 0 saturated heterocycles. The van der Waals surface area contributed by atoms with Crippen molar-refractivity contribution in [3.8, 4) is 5.75 Å². The highest BCUT2D eigenvalue weighted by Crippen LogP contribution is 2.40. The number of fused-ring (bicyclic) bond motifs is 1. The summed E-state index contributed by atoms with van der Waals surface area (Å²) < 4.78 is 0. The third-order valence-electron chi connectivity index (χ3n) is 3.24. The highest BCUT2D eigenvalue weighted by Gasteiger charge is 2.10. The molecule has 0 saturated carbocycles. The maximum Gasteiger partial charge on any atom is 0.153 e. The van der Waals surface area contributed by atoms with Gasteiger partial charge in [-0.05, 0) is 29.7 Å². The summed E-state index contributed by atoms with van der Waals surface area (Å²) in [5.74, 6) is -0.0167. The van der Waals surface area contributed by atoms with E-state index in [9.17, 15) is 5.11 Å². The van der Waals surface area contributed by atoms with E-state index in [-0.39, 0.29) is 5.75 Å². The number of benzene rings is 3. The Hall–Kier alpha value is -3.08. The van der Waals surface area contributed by atoms with Crippen molar-refractivity contribution in [1.29, 1.82) is 0 Å². The molecule has 0 heterocycles. The lowest BCUT2D eigenvalue weighted by Gasteiger charge is -2.08. The van der Waals surface area contributed by atoms with Gasteiger partial charge < -0.3 is 16.6 Å². The Kier molecular flexibility index (Phi) is 3.16. The maximum absolute atomic E-state index is 10.3. The molecule has 3 aromatic carbocycles. The van der Waals surface area contributed by atoms with Crippen molar-refractivity contribution < 1.29 is 5.11 Å². The van der Waals surface area contributed by atoms with Crippen LogP contribution in [0.4, 0.5) is 22.7 Å². The van der Waals surface area contributed by atoms with Crippen LogP contribution in [-0.4, -0.2) is 5.11 Å². The molecule has 3 rings (SSSR count). The number of phenolic OH excluding ortho intramolecular Hbond substituents is 1. The number of rotatable bonds is 2.